The highest BCUT2D eigenvalue weighted by atomic mass is 79.9. The zero-order valence-corrected chi connectivity index (χ0v) is 14.7. The molecule has 2 fully saturated rings. The average Bonchev–Trinajstić information content (AvgIpc) is 3.26. The van der Waals surface area contributed by atoms with E-state index in [0.717, 1.165) is 28.7 Å². The minimum absolute atomic E-state index is 0.403. The Morgan fingerprint density at radius 3 is 2.52 bits per heavy atom. The number of ether oxygens (including phenoxy) is 1. The van der Waals surface area contributed by atoms with Crippen molar-refractivity contribution >= 4 is 15.9 Å². The smallest absolute Gasteiger partial charge is 0.127 e. The highest BCUT2D eigenvalue weighted by Gasteiger charge is 2.23. The summed E-state index contributed by atoms with van der Waals surface area (Å²) in [6.07, 6.45) is 8.05. The van der Waals surface area contributed by atoms with Crippen LogP contribution in [0.1, 0.15) is 56.6 Å². The SMILES string of the molecule is Cc1cc(Br)cc(CNC2CC2)c1OC1CCC(C)CC1. The van der Waals surface area contributed by atoms with Gasteiger partial charge in [0.25, 0.3) is 0 Å². The second-order valence-corrected chi connectivity index (χ2v) is 7.78. The van der Waals surface area contributed by atoms with Crippen LogP contribution in [-0.4, -0.2) is 12.1 Å². The van der Waals surface area contributed by atoms with Crippen molar-refractivity contribution in [1.82, 2.24) is 5.32 Å². The fraction of sp³-hybridized carbons (Fsp3) is 0.667. The third-order valence-electron chi connectivity index (χ3n) is 4.72. The molecule has 1 aromatic carbocycles. The zero-order chi connectivity index (χ0) is 14.8. The number of benzene rings is 1. The molecule has 2 saturated carbocycles. The molecule has 0 atom stereocenters. The molecule has 0 saturated heterocycles. The summed E-state index contributed by atoms with van der Waals surface area (Å²) in [6, 6.07) is 5.11. The largest absolute Gasteiger partial charge is 0.490 e. The first-order chi connectivity index (χ1) is 10.1. The minimum atomic E-state index is 0.403. The minimum Gasteiger partial charge on any atom is -0.490 e. The van der Waals surface area contributed by atoms with Gasteiger partial charge in [-0.1, -0.05) is 22.9 Å². The number of aryl methyl sites for hydroxylation is 1. The Labute approximate surface area is 136 Å². The third kappa shape index (κ3) is 4.23. The Balaban J connectivity index is 1.71. The maximum atomic E-state index is 6.41. The molecule has 0 spiro atoms. The summed E-state index contributed by atoms with van der Waals surface area (Å²) in [5, 5.41) is 3.61. The molecular formula is C18H26BrNO. The van der Waals surface area contributed by atoms with E-state index in [4.69, 9.17) is 4.74 Å². The quantitative estimate of drug-likeness (QED) is 0.808. The molecule has 3 heteroatoms. The lowest BCUT2D eigenvalue weighted by Gasteiger charge is -2.28. The first-order valence-corrected chi connectivity index (χ1v) is 9.10. The predicted molar refractivity (Wildman–Crippen MR) is 90.8 cm³/mol. The molecule has 2 nitrogen and oxygen atoms in total. The van der Waals surface area contributed by atoms with E-state index in [1.54, 1.807) is 0 Å². The fourth-order valence-corrected chi connectivity index (χ4v) is 3.77. The molecule has 0 aromatic heterocycles. The second kappa shape index (κ2) is 6.70. The maximum absolute atomic E-state index is 6.41. The normalized spacial score (nSPS) is 25.9. The summed E-state index contributed by atoms with van der Waals surface area (Å²) in [7, 11) is 0. The zero-order valence-electron chi connectivity index (χ0n) is 13.1. The van der Waals surface area contributed by atoms with Gasteiger partial charge in [-0.05, 0) is 69.1 Å². The van der Waals surface area contributed by atoms with Crippen molar-refractivity contribution in [2.75, 3.05) is 0 Å². The van der Waals surface area contributed by atoms with Gasteiger partial charge >= 0.3 is 0 Å². The van der Waals surface area contributed by atoms with Crippen LogP contribution in [0.2, 0.25) is 0 Å². The Morgan fingerprint density at radius 2 is 1.86 bits per heavy atom. The van der Waals surface area contributed by atoms with Crippen molar-refractivity contribution in [1.29, 1.82) is 0 Å². The van der Waals surface area contributed by atoms with Crippen molar-refractivity contribution in [2.24, 2.45) is 5.92 Å². The number of hydrogen-bond donors (Lipinski definition) is 1. The molecule has 0 heterocycles. The fourth-order valence-electron chi connectivity index (χ4n) is 3.16. The van der Waals surface area contributed by atoms with E-state index in [1.165, 1.54) is 49.7 Å². The molecule has 1 aromatic rings. The van der Waals surface area contributed by atoms with Gasteiger partial charge in [-0.2, -0.15) is 0 Å². The molecule has 116 valence electrons. The molecule has 0 amide bonds. The van der Waals surface area contributed by atoms with E-state index in [1.807, 2.05) is 0 Å². The van der Waals surface area contributed by atoms with Gasteiger partial charge in [-0.15, -0.1) is 0 Å². The second-order valence-electron chi connectivity index (χ2n) is 6.87. The lowest BCUT2D eigenvalue weighted by atomic mass is 9.89. The number of hydrogen-bond acceptors (Lipinski definition) is 2. The Hall–Kier alpha value is -0.540. The van der Waals surface area contributed by atoms with Crippen molar-refractivity contribution in [3.8, 4) is 5.75 Å². The van der Waals surface area contributed by atoms with Crippen LogP contribution in [0, 0.1) is 12.8 Å². The van der Waals surface area contributed by atoms with E-state index in [2.05, 4.69) is 47.2 Å². The van der Waals surface area contributed by atoms with Gasteiger partial charge in [0.15, 0.2) is 0 Å². The third-order valence-corrected chi connectivity index (χ3v) is 5.18. The molecule has 0 unspecified atom stereocenters. The van der Waals surface area contributed by atoms with E-state index in [0.29, 0.717) is 6.10 Å². The first kappa shape index (κ1) is 15.4. The summed E-state index contributed by atoms with van der Waals surface area (Å²) < 4.78 is 7.56. The summed E-state index contributed by atoms with van der Waals surface area (Å²) in [6.45, 7) is 5.43. The number of halogens is 1. The van der Waals surface area contributed by atoms with Crippen LogP contribution in [0.15, 0.2) is 16.6 Å². The molecule has 2 aliphatic carbocycles. The van der Waals surface area contributed by atoms with Crippen LogP contribution in [0.3, 0.4) is 0 Å². The van der Waals surface area contributed by atoms with E-state index >= 15 is 0 Å². The van der Waals surface area contributed by atoms with Gasteiger partial charge in [0.05, 0.1) is 6.10 Å². The van der Waals surface area contributed by atoms with Gasteiger partial charge in [-0.25, -0.2) is 0 Å². The highest BCUT2D eigenvalue weighted by Crippen LogP contribution is 2.33. The first-order valence-electron chi connectivity index (χ1n) is 8.31. The van der Waals surface area contributed by atoms with Gasteiger partial charge < -0.3 is 10.1 Å². The van der Waals surface area contributed by atoms with E-state index < -0.39 is 0 Å². The summed E-state index contributed by atoms with van der Waals surface area (Å²) in [5.74, 6) is 1.98. The van der Waals surface area contributed by atoms with Crippen LogP contribution < -0.4 is 10.1 Å². The van der Waals surface area contributed by atoms with Gasteiger partial charge in [0.2, 0.25) is 0 Å². The van der Waals surface area contributed by atoms with Crippen LogP contribution in [-0.2, 0) is 6.54 Å². The molecule has 3 rings (SSSR count). The Morgan fingerprint density at radius 1 is 1.14 bits per heavy atom. The van der Waals surface area contributed by atoms with Crippen LogP contribution >= 0.6 is 15.9 Å². The molecule has 21 heavy (non-hydrogen) atoms. The molecule has 0 bridgehead atoms. The van der Waals surface area contributed by atoms with E-state index in [9.17, 15) is 0 Å². The molecule has 0 aliphatic heterocycles. The number of rotatable bonds is 5. The topological polar surface area (TPSA) is 21.3 Å². The van der Waals surface area contributed by atoms with Gasteiger partial charge in [0.1, 0.15) is 5.75 Å². The van der Waals surface area contributed by atoms with E-state index in [-0.39, 0.29) is 0 Å². The summed E-state index contributed by atoms with van der Waals surface area (Å²) in [4.78, 5) is 0. The monoisotopic (exact) mass is 351 g/mol. The predicted octanol–water partition coefficient (Wildman–Crippen LogP) is 4.97. The van der Waals surface area contributed by atoms with Gasteiger partial charge in [-0.3, -0.25) is 0 Å². The molecule has 0 radical (unpaired) electrons. The maximum Gasteiger partial charge on any atom is 0.127 e. The summed E-state index contributed by atoms with van der Waals surface area (Å²) in [5.41, 5.74) is 2.54. The molecule has 2 aliphatic rings. The lowest BCUT2D eigenvalue weighted by molar-refractivity contribution is 0.133. The van der Waals surface area contributed by atoms with Crippen molar-refractivity contribution < 1.29 is 4.74 Å². The molecular weight excluding hydrogens is 326 g/mol. The molecule has 1 N–H and O–H groups in total. The van der Waals surface area contributed by atoms with Crippen molar-refractivity contribution in [3.05, 3.63) is 27.7 Å². The van der Waals surface area contributed by atoms with Crippen molar-refractivity contribution in [2.45, 2.75) is 71.1 Å². The lowest BCUT2D eigenvalue weighted by Crippen LogP contribution is -2.24. The van der Waals surface area contributed by atoms with Crippen LogP contribution in [0.5, 0.6) is 5.75 Å². The Kier molecular flexibility index (Phi) is 4.90. The van der Waals surface area contributed by atoms with Crippen molar-refractivity contribution in [3.63, 3.8) is 0 Å². The van der Waals surface area contributed by atoms with Crippen LogP contribution in [0.25, 0.3) is 0 Å². The summed E-state index contributed by atoms with van der Waals surface area (Å²) >= 11 is 3.62. The number of nitrogens with one attached hydrogen (secondary N) is 1. The average molecular weight is 352 g/mol. The standard InChI is InChI=1S/C18H26BrNO/c1-12-3-7-17(8-4-12)21-18-13(2)9-15(19)10-14(18)11-20-16-5-6-16/h9-10,12,16-17,20H,3-8,11H2,1-2H3. The van der Waals surface area contributed by atoms with Gasteiger partial charge in [0, 0.05) is 22.6 Å². The van der Waals surface area contributed by atoms with Crippen LogP contribution in [0.4, 0.5) is 0 Å². The highest BCUT2D eigenvalue weighted by molar-refractivity contribution is 9.10. The Bertz CT molecular complexity index is 490.